The Morgan fingerprint density at radius 1 is 1.57 bits per heavy atom. The summed E-state index contributed by atoms with van der Waals surface area (Å²) in [7, 11) is 2.81. The predicted octanol–water partition coefficient (Wildman–Crippen LogP) is 2.59. The summed E-state index contributed by atoms with van der Waals surface area (Å²) < 4.78 is 14.3. The number of hydrogen-bond acceptors (Lipinski definition) is 4. The molecule has 0 aliphatic heterocycles. The maximum absolute atomic E-state index is 13.8. The Kier molecular flexibility index (Phi) is 5.51. The molecule has 0 aliphatic rings. The molecular weight excluding hydrogens is 369 g/mol. The van der Waals surface area contributed by atoms with Crippen molar-refractivity contribution in [2.45, 2.75) is 19.4 Å². The summed E-state index contributed by atoms with van der Waals surface area (Å²) in [5.41, 5.74) is 1.30. The van der Waals surface area contributed by atoms with Crippen LogP contribution in [0.3, 0.4) is 0 Å². The number of aromatic amines is 1. The maximum atomic E-state index is 13.8. The Bertz CT molecular complexity index is 720. The van der Waals surface area contributed by atoms with Gasteiger partial charge in [-0.3, -0.25) is 14.7 Å². The highest BCUT2D eigenvalue weighted by Crippen LogP contribution is 2.33. The predicted molar refractivity (Wildman–Crippen MR) is 85.2 cm³/mol. The van der Waals surface area contributed by atoms with Crippen LogP contribution in [0.15, 0.2) is 22.8 Å². The standard InChI is InChI=1S/C15H17BrFN3O3/c1-4-8-11(17)6-5-9(12(8)16)14(21)13-10(7-18-19-13)15(22)20(2)23-3/h5-7,14,21H,4H2,1-3H3,(H,18,19). The number of aliphatic hydroxyl groups is 1. The van der Waals surface area contributed by atoms with Gasteiger partial charge in [0.1, 0.15) is 11.9 Å². The number of amides is 1. The number of nitrogens with one attached hydrogen (secondary N) is 1. The largest absolute Gasteiger partial charge is 0.382 e. The third-order valence-corrected chi connectivity index (χ3v) is 4.53. The summed E-state index contributed by atoms with van der Waals surface area (Å²) >= 11 is 3.33. The van der Waals surface area contributed by atoms with Gasteiger partial charge in [0.25, 0.3) is 5.91 Å². The lowest BCUT2D eigenvalue weighted by Gasteiger charge is -2.17. The first-order valence-corrected chi connectivity index (χ1v) is 7.71. The Hall–Kier alpha value is -1.77. The molecule has 0 bridgehead atoms. The zero-order chi connectivity index (χ0) is 17.1. The normalized spacial score (nSPS) is 12.3. The van der Waals surface area contributed by atoms with E-state index in [1.165, 1.54) is 32.5 Å². The average Bonchev–Trinajstić information content (AvgIpc) is 3.02. The number of benzene rings is 1. The summed E-state index contributed by atoms with van der Waals surface area (Å²) in [5.74, 6) is -0.806. The van der Waals surface area contributed by atoms with E-state index >= 15 is 0 Å². The Balaban J connectivity index is 2.45. The van der Waals surface area contributed by atoms with Crippen molar-refractivity contribution in [2.24, 2.45) is 0 Å². The lowest BCUT2D eigenvalue weighted by molar-refractivity contribution is -0.0758. The highest BCUT2D eigenvalue weighted by molar-refractivity contribution is 9.10. The molecule has 1 aromatic heterocycles. The van der Waals surface area contributed by atoms with E-state index < -0.39 is 12.0 Å². The van der Waals surface area contributed by atoms with Crippen LogP contribution in [0.25, 0.3) is 0 Å². The first-order valence-electron chi connectivity index (χ1n) is 6.92. The second-order valence-corrected chi connectivity index (χ2v) is 5.66. The highest BCUT2D eigenvalue weighted by atomic mass is 79.9. The molecule has 0 aliphatic carbocycles. The van der Waals surface area contributed by atoms with E-state index in [2.05, 4.69) is 26.1 Å². The molecule has 2 rings (SSSR count). The molecule has 0 radical (unpaired) electrons. The zero-order valence-corrected chi connectivity index (χ0v) is 14.5. The van der Waals surface area contributed by atoms with Crippen LogP contribution in [0.1, 0.15) is 40.2 Å². The number of hydroxylamine groups is 2. The third-order valence-electron chi connectivity index (χ3n) is 3.60. The Morgan fingerprint density at radius 3 is 2.87 bits per heavy atom. The fourth-order valence-electron chi connectivity index (χ4n) is 2.23. The van der Waals surface area contributed by atoms with E-state index in [4.69, 9.17) is 4.84 Å². The van der Waals surface area contributed by atoms with Crippen molar-refractivity contribution in [3.05, 3.63) is 51.0 Å². The van der Waals surface area contributed by atoms with E-state index in [-0.39, 0.29) is 17.1 Å². The van der Waals surface area contributed by atoms with Gasteiger partial charge in [0.15, 0.2) is 0 Å². The molecule has 6 nitrogen and oxygen atoms in total. The van der Waals surface area contributed by atoms with Gasteiger partial charge < -0.3 is 5.11 Å². The van der Waals surface area contributed by atoms with Crippen molar-refractivity contribution in [3.63, 3.8) is 0 Å². The van der Waals surface area contributed by atoms with Crippen molar-refractivity contribution in [3.8, 4) is 0 Å². The molecule has 0 saturated carbocycles. The molecular formula is C15H17BrFN3O3. The lowest BCUT2D eigenvalue weighted by atomic mass is 10.00. The fourth-order valence-corrected chi connectivity index (χ4v) is 3.05. The number of carbonyl (C=O) groups excluding carboxylic acids is 1. The van der Waals surface area contributed by atoms with Crippen molar-refractivity contribution >= 4 is 21.8 Å². The van der Waals surface area contributed by atoms with Gasteiger partial charge in [-0.15, -0.1) is 0 Å². The van der Waals surface area contributed by atoms with E-state index in [0.717, 1.165) is 5.06 Å². The van der Waals surface area contributed by atoms with Crippen LogP contribution in [-0.2, 0) is 11.3 Å². The van der Waals surface area contributed by atoms with Gasteiger partial charge in [-0.2, -0.15) is 5.10 Å². The maximum Gasteiger partial charge on any atom is 0.280 e. The quantitative estimate of drug-likeness (QED) is 0.775. The Morgan fingerprint density at radius 2 is 2.26 bits per heavy atom. The van der Waals surface area contributed by atoms with E-state index in [1.54, 1.807) is 0 Å². The summed E-state index contributed by atoms with van der Waals surface area (Å²) in [5, 5.41) is 18.1. The van der Waals surface area contributed by atoms with Gasteiger partial charge in [-0.25, -0.2) is 9.45 Å². The number of aromatic nitrogens is 2. The molecule has 0 fully saturated rings. The van der Waals surface area contributed by atoms with E-state index in [9.17, 15) is 14.3 Å². The fraction of sp³-hybridized carbons (Fsp3) is 0.333. The Labute approximate surface area is 141 Å². The van der Waals surface area contributed by atoms with Gasteiger partial charge in [0.05, 0.1) is 24.6 Å². The number of carbonyl (C=O) groups is 1. The molecule has 0 spiro atoms. The molecule has 2 aromatic rings. The molecule has 1 heterocycles. The summed E-state index contributed by atoms with van der Waals surface area (Å²) in [6.45, 7) is 1.82. The minimum absolute atomic E-state index is 0.177. The van der Waals surface area contributed by atoms with Gasteiger partial charge in [0, 0.05) is 22.6 Å². The third kappa shape index (κ3) is 3.29. The molecule has 2 N–H and O–H groups in total. The summed E-state index contributed by atoms with van der Waals surface area (Å²) in [6.07, 6.45) is 0.616. The minimum atomic E-state index is -1.16. The topological polar surface area (TPSA) is 78.4 Å². The van der Waals surface area contributed by atoms with E-state index in [0.29, 0.717) is 22.0 Å². The molecule has 8 heteroatoms. The van der Waals surface area contributed by atoms with Crippen molar-refractivity contribution in [1.82, 2.24) is 15.3 Å². The molecule has 1 aromatic carbocycles. The highest BCUT2D eigenvalue weighted by Gasteiger charge is 2.26. The van der Waals surface area contributed by atoms with Crippen molar-refractivity contribution < 1.29 is 19.1 Å². The van der Waals surface area contributed by atoms with Gasteiger partial charge >= 0.3 is 0 Å². The molecule has 1 unspecified atom stereocenters. The van der Waals surface area contributed by atoms with Crippen LogP contribution < -0.4 is 0 Å². The monoisotopic (exact) mass is 385 g/mol. The molecule has 1 atom stereocenters. The van der Waals surface area contributed by atoms with Gasteiger partial charge in [-0.05, 0) is 12.5 Å². The molecule has 1 amide bonds. The number of nitrogens with zero attached hydrogens (tertiary/aromatic N) is 2. The van der Waals surface area contributed by atoms with Crippen LogP contribution in [0.2, 0.25) is 0 Å². The number of aliphatic hydroxyl groups excluding tert-OH is 1. The van der Waals surface area contributed by atoms with Crippen molar-refractivity contribution in [1.29, 1.82) is 0 Å². The van der Waals surface area contributed by atoms with Crippen LogP contribution >= 0.6 is 15.9 Å². The summed E-state index contributed by atoms with van der Waals surface area (Å²) in [4.78, 5) is 17.1. The van der Waals surface area contributed by atoms with Crippen LogP contribution in [-0.4, -0.2) is 40.4 Å². The summed E-state index contributed by atoms with van der Waals surface area (Å²) in [6, 6.07) is 2.76. The average molecular weight is 386 g/mol. The SMILES string of the molecule is CCc1c(F)ccc(C(O)c2[nH]ncc2C(=O)N(C)OC)c1Br. The van der Waals surface area contributed by atoms with Crippen LogP contribution in [0.4, 0.5) is 4.39 Å². The number of H-pyrrole nitrogens is 1. The van der Waals surface area contributed by atoms with Crippen molar-refractivity contribution in [2.75, 3.05) is 14.2 Å². The van der Waals surface area contributed by atoms with Gasteiger partial charge in [-0.1, -0.05) is 28.9 Å². The number of halogens is 2. The minimum Gasteiger partial charge on any atom is -0.382 e. The first kappa shape index (κ1) is 17.6. The lowest BCUT2D eigenvalue weighted by Crippen LogP contribution is -2.26. The molecule has 0 saturated heterocycles. The number of rotatable bonds is 5. The molecule has 23 heavy (non-hydrogen) atoms. The molecule has 124 valence electrons. The smallest absolute Gasteiger partial charge is 0.280 e. The van der Waals surface area contributed by atoms with Crippen LogP contribution in [0, 0.1) is 5.82 Å². The zero-order valence-electron chi connectivity index (χ0n) is 12.9. The first-order chi connectivity index (χ1) is 10.9. The van der Waals surface area contributed by atoms with Crippen LogP contribution in [0.5, 0.6) is 0 Å². The number of hydrogen-bond donors (Lipinski definition) is 2. The van der Waals surface area contributed by atoms with Gasteiger partial charge in [0.2, 0.25) is 0 Å². The second kappa shape index (κ2) is 7.20. The second-order valence-electron chi connectivity index (χ2n) is 4.87. The van der Waals surface area contributed by atoms with E-state index in [1.807, 2.05) is 6.92 Å².